The van der Waals surface area contributed by atoms with E-state index in [1.807, 2.05) is 0 Å². The zero-order valence-corrected chi connectivity index (χ0v) is 36.3. The minimum atomic E-state index is -1.75. The van der Waals surface area contributed by atoms with E-state index < -0.39 is 47.9 Å². The van der Waals surface area contributed by atoms with Gasteiger partial charge >= 0.3 is 5.69 Å². The van der Waals surface area contributed by atoms with Crippen molar-refractivity contribution < 1.29 is 34.8 Å². The van der Waals surface area contributed by atoms with Crippen LogP contribution in [0.5, 0.6) is 5.75 Å². The molecule has 1 aromatic carbocycles. The Bertz CT molecular complexity index is 2590. The molecule has 3 aromatic heterocycles. The number of nitro benzene ring substituents is 1. The van der Waals surface area contributed by atoms with Crippen LogP contribution in [-0.2, 0) is 30.4 Å². The average Bonchev–Trinajstić information content (AvgIpc) is 3.99. The van der Waals surface area contributed by atoms with Gasteiger partial charge in [-0.2, -0.15) is 0 Å². The Morgan fingerprint density at radius 2 is 1.30 bits per heavy atom. The number of fused-ring (bicyclic) bond motifs is 8. The van der Waals surface area contributed by atoms with Gasteiger partial charge in [-0.25, -0.2) is 15.0 Å². The SMILES string of the molecule is CCC1=C(CC)c2nc1cc1nc(c(-c3ccc(O[C@@H]4O[C@H](CO)[C@H](O)[C@H](O)[C@H]4O)c([N+](=O)[O-])c3)c3[nH]c(cc4[nH]c(n2)c(CC)c4CC)c(CC)c3CC)C(CC)=C1CC. The molecule has 61 heavy (non-hydrogen) atoms. The average molecular weight is 835 g/mol. The molecule has 1 fully saturated rings. The Kier molecular flexibility index (Phi) is 12.9. The third-order valence-electron chi connectivity index (χ3n) is 12.5. The van der Waals surface area contributed by atoms with E-state index in [4.69, 9.17) is 24.4 Å². The molecule has 6 N–H and O–H groups in total. The summed E-state index contributed by atoms with van der Waals surface area (Å²) in [6.45, 7) is 16.4. The van der Waals surface area contributed by atoms with Gasteiger partial charge in [0, 0.05) is 28.2 Å². The lowest BCUT2D eigenvalue weighted by atomic mass is 9.92. The van der Waals surface area contributed by atoms with Crippen LogP contribution in [0.25, 0.3) is 55.6 Å². The van der Waals surface area contributed by atoms with Crippen molar-refractivity contribution in [2.75, 3.05) is 6.61 Å². The van der Waals surface area contributed by atoms with E-state index in [1.165, 1.54) is 17.7 Å². The number of allylic oxidation sites excluding steroid dienone is 4. The zero-order valence-electron chi connectivity index (χ0n) is 36.3. The van der Waals surface area contributed by atoms with Crippen molar-refractivity contribution in [2.24, 2.45) is 0 Å². The number of hydrogen-bond donors (Lipinski definition) is 6. The van der Waals surface area contributed by atoms with Gasteiger partial charge in [0.15, 0.2) is 11.6 Å². The summed E-state index contributed by atoms with van der Waals surface area (Å²) in [6, 6.07) is 8.87. The molecule has 0 radical (unpaired) electrons. The number of ether oxygens (including phenoxy) is 2. The molecule has 14 heteroatoms. The van der Waals surface area contributed by atoms with Gasteiger partial charge in [-0.3, -0.25) is 10.1 Å². The molecule has 3 aliphatic rings. The summed E-state index contributed by atoms with van der Waals surface area (Å²) in [7, 11) is 0. The molecule has 8 bridgehead atoms. The number of aromatic nitrogens is 5. The Morgan fingerprint density at radius 3 is 1.90 bits per heavy atom. The third-order valence-corrected chi connectivity index (χ3v) is 12.5. The highest BCUT2D eigenvalue weighted by molar-refractivity contribution is 6.02. The number of hydrogen-bond acceptors (Lipinski definition) is 11. The lowest BCUT2D eigenvalue weighted by Gasteiger charge is -2.39. The first-order valence-electron chi connectivity index (χ1n) is 21.8. The van der Waals surface area contributed by atoms with Crippen LogP contribution in [0.3, 0.4) is 0 Å². The van der Waals surface area contributed by atoms with E-state index in [2.05, 4.69) is 77.5 Å². The van der Waals surface area contributed by atoms with Gasteiger partial charge in [0.2, 0.25) is 6.29 Å². The van der Waals surface area contributed by atoms with E-state index in [9.17, 15) is 30.5 Å². The molecule has 0 unspecified atom stereocenters. The summed E-state index contributed by atoms with van der Waals surface area (Å²) in [6.07, 6.45) is -2.12. The topological polar surface area (TPSA) is 213 Å². The number of nitrogens with one attached hydrogen (secondary N) is 2. The van der Waals surface area contributed by atoms with Crippen LogP contribution in [0.15, 0.2) is 30.3 Å². The van der Waals surface area contributed by atoms with Gasteiger partial charge in [0.25, 0.3) is 0 Å². The minimum Gasteiger partial charge on any atom is -0.455 e. The van der Waals surface area contributed by atoms with Crippen LogP contribution in [0.2, 0.25) is 0 Å². The molecule has 4 aromatic rings. The fourth-order valence-corrected chi connectivity index (χ4v) is 9.47. The molecule has 0 spiro atoms. The van der Waals surface area contributed by atoms with E-state index in [-0.39, 0.29) is 5.75 Å². The molecule has 0 amide bonds. The van der Waals surface area contributed by atoms with Gasteiger partial charge < -0.3 is 39.9 Å². The summed E-state index contributed by atoms with van der Waals surface area (Å²) in [5, 5.41) is 54.2. The predicted octanol–water partition coefficient (Wildman–Crippen LogP) is 8.17. The van der Waals surface area contributed by atoms with Gasteiger partial charge in [-0.1, -0.05) is 61.5 Å². The second kappa shape index (κ2) is 18.0. The van der Waals surface area contributed by atoms with Gasteiger partial charge in [-0.15, -0.1) is 0 Å². The number of aliphatic hydroxyl groups excluding tert-OH is 4. The molecule has 324 valence electrons. The van der Waals surface area contributed by atoms with E-state index in [1.54, 1.807) is 6.07 Å². The maximum absolute atomic E-state index is 12.9. The van der Waals surface area contributed by atoms with Crippen LogP contribution in [0.4, 0.5) is 5.69 Å². The number of aryl methyl sites for hydroxylation is 4. The monoisotopic (exact) mass is 834 g/mol. The molecule has 7 rings (SSSR count). The van der Waals surface area contributed by atoms with E-state index in [0.29, 0.717) is 41.9 Å². The van der Waals surface area contributed by atoms with Crippen molar-refractivity contribution >= 4 is 50.2 Å². The number of H-pyrrole nitrogens is 2. The van der Waals surface area contributed by atoms with Crippen molar-refractivity contribution in [1.29, 1.82) is 0 Å². The molecule has 6 heterocycles. The highest BCUT2D eigenvalue weighted by Gasteiger charge is 2.45. The lowest BCUT2D eigenvalue weighted by Crippen LogP contribution is -2.60. The Hall–Kier alpha value is -5.25. The minimum absolute atomic E-state index is 0.226. The molecule has 1 saturated heterocycles. The van der Waals surface area contributed by atoms with Crippen molar-refractivity contribution in [2.45, 2.75) is 137 Å². The summed E-state index contributed by atoms with van der Waals surface area (Å²) >= 11 is 0. The molecule has 0 saturated carbocycles. The van der Waals surface area contributed by atoms with Crippen LogP contribution >= 0.6 is 0 Å². The molecule has 14 nitrogen and oxygen atoms in total. The second-order valence-corrected chi connectivity index (χ2v) is 15.7. The van der Waals surface area contributed by atoms with Gasteiger partial charge in [-0.05, 0) is 114 Å². The van der Waals surface area contributed by atoms with Crippen molar-refractivity contribution in [3.8, 4) is 16.9 Å². The molecule has 0 aliphatic carbocycles. The smallest absolute Gasteiger partial charge is 0.311 e. The first-order chi connectivity index (χ1) is 29.4. The summed E-state index contributed by atoms with van der Waals surface area (Å²) in [5.74, 6) is 0.481. The van der Waals surface area contributed by atoms with E-state index >= 15 is 0 Å². The highest BCUT2D eigenvalue weighted by Crippen LogP contribution is 2.45. The molecule has 3 aliphatic heterocycles. The van der Waals surface area contributed by atoms with Crippen LogP contribution < -0.4 is 4.74 Å². The third kappa shape index (κ3) is 7.58. The number of aromatic amines is 2. The first-order valence-corrected chi connectivity index (χ1v) is 21.8. The maximum atomic E-state index is 12.9. The highest BCUT2D eigenvalue weighted by atomic mass is 16.7. The summed E-state index contributed by atoms with van der Waals surface area (Å²) in [5.41, 5.74) is 15.5. The van der Waals surface area contributed by atoms with Crippen LogP contribution in [-0.4, -0.2) is 87.6 Å². The fourth-order valence-electron chi connectivity index (χ4n) is 9.47. The Labute approximate surface area is 355 Å². The maximum Gasteiger partial charge on any atom is 0.311 e. The number of nitrogens with zero attached hydrogens (tertiary/aromatic N) is 4. The standard InChI is InChI=1S/C47H58N6O8/c1-9-24-28(13-5)40-39(23-17-18-37(36(19-23)53(58)59)60-47-44(57)43(56)42(55)38(22-54)61-47)41-29(14-6)25(10-2)33(49-41)21-35-27(12-4)31(16-8)46(51-35)52-45-30(15-7)26(11-3)34(50-45)20-32(24)48-40/h17-21,38,42-44,47-48,54-57H,9-16,22H2,1-8H3,(H,50,51,52)/t38-,42+,43+,44-,47-/m1/s1. The van der Waals surface area contributed by atoms with Crippen LogP contribution in [0, 0.1) is 10.1 Å². The predicted molar refractivity (Wildman–Crippen MR) is 238 cm³/mol. The number of benzene rings is 1. The molecular formula is C47H58N6O8. The summed E-state index contributed by atoms with van der Waals surface area (Å²) in [4.78, 5) is 35.8. The number of aliphatic hydroxyl groups is 4. The molecule has 5 atom stereocenters. The second-order valence-electron chi connectivity index (χ2n) is 15.7. The van der Waals surface area contributed by atoms with Crippen molar-refractivity contribution in [1.82, 2.24) is 24.9 Å². The van der Waals surface area contributed by atoms with Crippen molar-refractivity contribution in [3.63, 3.8) is 0 Å². The summed E-state index contributed by atoms with van der Waals surface area (Å²) < 4.78 is 11.4. The Balaban J connectivity index is 1.62. The lowest BCUT2D eigenvalue weighted by molar-refractivity contribution is -0.387. The number of rotatable bonds is 13. The molecular weight excluding hydrogens is 777 g/mol. The van der Waals surface area contributed by atoms with Gasteiger partial charge in [0.1, 0.15) is 30.1 Å². The quantitative estimate of drug-likeness (QED) is 0.0558. The zero-order chi connectivity index (χ0) is 43.9. The number of nitro groups is 1. The normalized spacial score (nSPS) is 20.5. The first kappa shape index (κ1) is 43.8. The van der Waals surface area contributed by atoms with Gasteiger partial charge in [0.05, 0.1) is 34.1 Å². The Morgan fingerprint density at radius 1 is 0.689 bits per heavy atom. The fraction of sp³-hybridized carbons (Fsp3) is 0.468. The van der Waals surface area contributed by atoms with Crippen molar-refractivity contribution in [3.05, 3.63) is 85.6 Å². The van der Waals surface area contributed by atoms with Crippen LogP contribution in [0.1, 0.15) is 126 Å². The van der Waals surface area contributed by atoms with E-state index in [0.717, 1.165) is 105 Å². The largest absolute Gasteiger partial charge is 0.455 e.